The van der Waals surface area contributed by atoms with Crippen molar-refractivity contribution < 1.29 is 19.2 Å². The normalized spacial score (nSPS) is 11.6. The summed E-state index contributed by atoms with van der Waals surface area (Å²) in [5.41, 5.74) is 1.91. The summed E-state index contributed by atoms with van der Waals surface area (Å²) in [6.45, 7) is 1.15. The van der Waals surface area contributed by atoms with Crippen LogP contribution in [-0.2, 0) is 11.3 Å². The van der Waals surface area contributed by atoms with E-state index in [0.717, 1.165) is 34.2 Å². The Bertz CT molecular complexity index is 641. The molecule has 0 fully saturated rings. The number of quaternary nitrogens is 1. The third kappa shape index (κ3) is 5.30. The fourth-order valence-electron chi connectivity index (χ4n) is 2.35. The van der Waals surface area contributed by atoms with Crippen LogP contribution in [0.5, 0.6) is 11.5 Å². The van der Waals surface area contributed by atoms with Crippen molar-refractivity contribution >= 4 is 11.6 Å². The molecule has 5 nitrogen and oxygen atoms in total. The summed E-state index contributed by atoms with van der Waals surface area (Å²) < 4.78 is 10.3. The minimum atomic E-state index is -0.0180. The molecule has 5 heteroatoms. The van der Waals surface area contributed by atoms with E-state index < -0.39 is 0 Å². The molecule has 2 aromatic carbocycles. The van der Waals surface area contributed by atoms with Crippen molar-refractivity contribution in [3.8, 4) is 11.5 Å². The van der Waals surface area contributed by atoms with Gasteiger partial charge in [0, 0.05) is 11.3 Å². The predicted molar refractivity (Wildman–Crippen MR) is 90.1 cm³/mol. The number of carbonyl (C=O) groups is 1. The van der Waals surface area contributed by atoms with Gasteiger partial charge in [-0.15, -0.1) is 0 Å². The van der Waals surface area contributed by atoms with Gasteiger partial charge >= 0.3 is 0 Å². The number of benzene rings is 2. The van der Waals surface area contributed by atoms with E-state index in [1.165, 1.54) is 0 Å². The van der Waals surface area contributed by atoms with Gasteiger partial charge in [-0.25, -0.2) is 0 Å². The Kier molecular flexibility index (Phi) is 6.00. The predicted octanol–water partition coefficient (Wildman–Crippen LogP) is 1.36. The minimum absolute atomic E-state index is 0.0180. The number of methoxy groups -OCH3 is 2. The maximum atomic E-state index is 12.1. The lowest BCUT2D eigenvalue weighted by Crippen LogP contribution is -3.08. The molecule has 1 atom stereocenters. The van der Waals surface area contributed by atoms with Gasteiger partial charge in [-0.3, -0.25) is 4.79 Å². The topological polar surface area (TPSA) is 52.0 Å². The van der Waals surface area contributed by atoms with Crippen LogP contribution < -0.4 is 19.7 Å². The summed E-state index contributed by atoms with van der Waals surface area (Å²) in [5.74, 6) is 1.58. The molecule has 0 saturated heterocycles. The smallest absolute Gasteiger partial charge is 0.279 e. The van der Waals surface area contributed by atoms with Gasteiger partial charge in [-0.05, 0) is 36.4 Å². The van der Waals surface area contributed by atoms with Crippen LogP contribution in [0.2, 0.25) is 0 Å². The minimum Gasteiger partial charge on any atom is -0.497 e. The molecule has 0 aromatic heterocycles. The van der Waals surface area contributed by atoms with Gasteiger partial charge < -0.3 is 19.7 Å². The zero-order chi connectivity index (χ0) is 16.7. The Morgan fingerprint density at radius 3 is 2.39 bits per heavy atom. The van der Waals surface area contributed by atoms with Gasteiger partial charge in [0.25, 0.3) is 5.91 Å². The third-order valence-corrected chi connectivity index (χ3v) is 3.48. The Labute approximate surface area is 136 Å². The van der Waals surface area contributed by atoms with Crippen LogP contribution in [0, 0.1) is 0 Å². The molecule has 0 aliphatic heterocycles. The van der Waals surface area contributed by atoms with Crippen molar-refractivity contribution in [2.75, 3.05) is 33.1 Å². The number of hydrogen-bond donors (Lipinski definition) is 2. The van der Waals surface area contributed by atoms with Gasteiger partial charge in [-0.1, -0.05) is 12.1 Å². The number of hydrogen-bond acceptors (Lipinski definition) is 3. The first-order chi connectivity index (χ1) is 11.1. The van der Waals surface area contributed by atoms with E-state index >= 15 is 0 Å². The molecule has 23 heavy (non-hydrogen) atoms. The Morgan fingerprint density at radius 1 is 1.04 bits per heavy atom. The number of anilines is 1. The second-order valence-electron chi connectivity index (χ2n) is 5.44. The van der Waals surface area contributed by atoms with Crippen molar-refractivity contribution in [2.45, 2.75) is 6.54 Å². The highest BCUT2D eigenvalue weighted by Gasteiger charge is 2.11. The third-order valence-electron chi connectivity index (χ3n) is 3.48. The van der Waals surface area contributed by atoms with Crippen molar-refractivity contribution in [2.24, 2.45) is 0 Å². The molecule has 2 aromatic rings. The van der Waals surface area contributed by atoms with Crippen LogP contribution in [0.4, 0.5) is 5.69 Å². The second kappa shape index (κ2) is 8.19. The van der Waals surface area contributed by atoms with Crippen molar-refractivity contribution in [1.82, 2.24) is 0 Å². The molecule has 1 amide bonds. The lowest BCUT2D eigenvalue weighted by Gasteiger charge is -2.14. The average Bonchev–Trinajstić information content (AvgIpc) is 2.55. The van der Waals surface area contributed by atoms with E-state index in [1.807, 2.05) is 55.6 Å². The zero-order valence-electron chi connectivity index (χ0n) is 13.8. The summed E-state index contributed by atoms with van der Waals surface area (Å²) in [7, 11) is 5.26. The maximum Gasteiger partial charge on any atom is 0.279 e. The van der Waals surface area contributed by atoms with E-state index in [2.05, 4.69) is 5.32 Å². The summed E-state index contributed by atoms with van der Waals surface area (Å²) >= 11 is 0. The summed E-state index contributed by atoms with van der Waals surface area (Å²) in [6.07, 6.45) is 0. The van der Waals surface area contributed by atoms with Crippen LogP contribution >= 0.6 is 0 Å². The molecule has 0 radical (unpaired) electrons. The zero-order valence-corrected chi connectivity index (χ0v) is 13.8. The molecule has 0 aliphatic rings. The SMILES string of the molecule is COc1ccc(NC(=O)C[NH+](C)Cc2cccc(OC)c2)cc1. The fourth-order valence-corrected chi connectivity index (χ4v) is 2.35. The summed E-state index contributed by atoms with van der Waals surface area (Å²) in [6, 6.07) is 15.2. The number of rotatable bonds is 7. The van der Waals surface area contributed by atoms with Gasteiger partial charge in [-0.2, -0.15) is 0 Å². The largest absolute Gasteiger partial charge is 0.497 e. The second-order valence-corrected chi connectivity index (χ2v) is 5.44. The Balaban J connectivity index is 1.86. The van der Waals surface area contributed by atoms with E-state index in [-0.39, 0.29) is 5.91 Å². The van der Waals surface area contributed by atoms with E-state index in [1.54, 1.807) is 14.2 Å². The highest BCUT2D eigenvalue weighted by atomic mass is 16.5. The Hall–Kier alpha value is -2.53. The highest BCUT2D eigenvalue weighted by molar-refractivity contribution is 5.91. The van der Waals surface area contributed by atoms with Gasteiger partial charge in [0.05, 0.1) is 21.3 Å². The van der Waals surface area contributed by atoms with E-state index in [0.29, 0.717) is 6.54 Å². The first-order valence-electron chi connectivity index (χ1n) is 7.49. The van der Waals surface area contributed by atoms with Crippen LogP contribution in [0.25, 0.3) is 0 Å². The quantitative estimate of drug-likeness (QED) is 0.811. The summed E-state index contributed by atoms with van der Waals surface area (Å²) in [5, 5.41) is 2.89. The van der Waals surface area contributed by atoms with E-state index in [4.69, 9.17) is 9.47 Å². The number of carbonyl (C=O) groups excluding carboxylic acids is 1. The number of ether oxygens (including phenoxy) is 2. The molecular formula is C18H23N2O3+. The van der Waals surface area contributed by atoms with Crippen LogP contribution in [-0.4, -0.2) is 33.7 Å². The monoisotopic (exact) mass is 315 g/mol. The molecule has 0 aliphatic carbocycles. The summed E-state index contributed by atoms with van der Waals surface area (Å²) in [4.78, 5) is 13.2. The molecule has 122 valence electrons. The fraction of sp³-hybridized carbons (Fsp3) is 0.278. The van der Waals surface area contributed by atoms with E-state index in [9.17, 15) is 4.79 Å². The standard InChI is InChI=1S/C18H22N2O3/c1-20(12-14-5-4-6-17(11-14)23-3)13-18(21)19-15-7-9-16(22-2)10-8-15/h4-11H,12-13H2,1-3H3,(H,19,21)/p+1. The van der Waals surface area contributed by atoms with Gasteiger partial charge in [0.1, 0.15) is 18.0 Å². The van der Waals surface area contributed by atoms with Crippen molar-refractivity contribution in [3.05, 3.63) is 54.1 Å². The molecular weight excluding hydrogens is 292 g/mol. The van der Waals surface area contributed by atoms with Gasteiger partial charge in [0.2, 0.25) is 0 Å². The van der Waals surface area contributed by atoms with Crippen LogP contribution in [0.1, 0.15) is 5.56 Å². The highest BCUT2D eigenvalue weighted by Crippen LogP contribution is 2.14. The lowest BCUT2D eigenvalue weighted by molar-refractivity contribution is -0.885. The molecule has 2 N–H and O–H groups in total. The molecule has 0 spiro atoms. The maximum absolute atomic E-state index is 12.1. The lowest BCUT2D eigenvalue weighted by atomic mass is 10.2. The van der Waals surface area contributed by atoms with Gasteiger partial charge in [0.15, 0.2) is 6.54 Å². The van der Waals surface area contributed by atoms with Crippen molar-refractivity contribution in [1.29, 1.82) is 0 Å². The number of likely N-dealkylation sites (N-methyl/N-ethyl adjacent to an activating group) is 1. The first kappa shape index (κ1) is 16.8. The average molecular weight is 315 g/mol. The molecule has 0 saturated carbocycles. The van der Waals surface area contributed by atoms with Crippen LogP contribution in [0.15, 0.2) is 48.5 Å². The molecule has 2 rings (SSSR count). The molecule has 0 heterocycles. The Morgan fingerprint density at radius 2 is 1.74 bits per heavy atom. The number of nitrogens with one attached hydrogen (secondary N) is 2. The first-order valence-corrected chi connectivity index (χ1v) is 7.49. The molecule has 1 unspecified atom stereocenters. The number of amides is 1. The molecule has 0 bridgehead atoms. The van der Waals surface area contributed by atoms with Crippen molar-refractivity contribution in [3.63, 3.8) is 0 Å². The van der Waals surface area contributed by atoms with Crippen LogP contribution in [0.3, 0.4) is 0 Å².